The van der Waals surface area contributed by atoms with Crippen LogP contribution in [0.15, 0.2) is 0 Å². The fourth-order valence-corrected chi connectivity index (χ4v) is 3.78. The Bertz CT molecular complexity index is 172. The van der Waals surface area contributed by atoms with Crippen molar-refractivity contribution in [3.05, 3.63) is 0 Å². The van der Waals surface area contributed by atoms with Crippen LogP contribution in [0, 0.1) is 11.8 Å². The lowest BCUT2D eigenvalue weighted by atomic mass is 9.82. The van der Waals surface area contributed by atoms with Crippen molar-refractivity contribution >= 4 is 11.8 Å². The van der Waals surface area contributed by atoms with Crippen molar-refractivity contribution in [1.29, 1.82) is 0 Å². The van der Waals surface area contributed by atoms with E-state index < -0.39 is 0 Å². The maximum atomic E-state index is 5.72. The van der Waals surface area contributed by atoms with Gasteiger partial charge in [-0.25, -0.2) is 0 Å². The van der Waals surface area contributed by atoms with E-state index in [1.807, 2.05) is 0 Å². The summed E-state index contributed by atoms with van der Waals surface area (Å²) in [6.45, 7) is 4.91. The maximum Gasteiger partial charge on any atom is 0.00728 e. The lowest BCUT2D eigenvalue weighted by molar-refractivity contribution is 0.193. The average molecular weight is 228 g/mol. The number of rotatable bonds is 3. The highest BCUT2D eigenvalue weighted by molar-refractivity contribution is 7.99. The Kier molecular flexibility index (Phi) is 4.79. The van der Waals surface area contributed by atoms with Crippen molar-refractivity contribution in [3.63, 3.8) is 0 Å². The summed E-state index contributed by atoms with van der Waals surface area (Å²) in [6.07, 6.45) is 5.60. The molecule has 0 amide bonds. The van der Waals surface area contributed by atoms with Crippen LogP contribution in [0.3, 0.4) is 0 Å². The fourth-order valence-electron chi connectivity index (χ4n) is 2.80. The third-order valence-electron chi connectivity index (χ3n) is 3.92. The molecule has 2 rings (SSSR count). The monoisotopic (exact) mass is 228 g/mol. The Morgan fingerprint density at radius 1 is 1.00 bits per heavy atom. The van der Waals surface area contributed by atoms with Crippen LogP contribution in [0.4, 0.5) is 0 Å². The number of hydrogen-bond acceptors (Lipinski definition) is 3. The van der Waals surface area contributed by atoms with Gasteiger partial charge in [0.2, 0.25) is 0 Å². The van der Waals surface area contributed by atoms with E-state index in [-0.39, 0.29) is 0 Å². The molecule has 2 fully saturated rings. The van der Waals surface area contributed by atoms with Gasteiger partial charge in [-0.05, 0) is 44.1 Å². The standard InChI is InChI=1S/C12H24N2S/c13-9-11-1-3-12(4-2-11)10-14-5-7-15-8-6-14/h11-12H,1-10,13H2. The molecule has 0 aromatic rings. The minimum Gasteiger partial charge on any atom is -0.330 e. The highest BCUT2D eigenvalue weighted by atomic mass is 32.2. The van der Waals surface area contributed by atoms with Crippen molar-refractivity contribution in [2.24, 2.45) is 17.6 Å². The molecule has 0 spiro atoms. The molecule has 15 heavy (non-hydrogen) atoms. The lowest BCUT2D eigenvalue weighted by Crippen LogP contribution is -2.37. The summed E-state index contributed by atoms with van der Waals surface area (Å²) >= 11 is 2.11. The van der Waals surface area contributed by atoms with Crippen molar-refractivity contribution in [1.82, 2.24) is 4.90 Å². The van der Waals surface area contributed by atoms with Crippen molar-refractivity contribution < 1.29 is 0 Å². The summed E-state index contributed by atoms with van der Waals surface area (Å²) in [5.74, 6) is 4.49. The van der Waals surface area contributed by atoms with Crippen LogP contribution < -0.4 is 5.73 Å². The summed E-state index contributed by atoms with van der Waals surface area (Å²) in [7, 11) is 0. The predicted molar refractivity (Wildman–Crippen MR) is 68.3 cm³/mol. The molecule has 1 aliphatic heterocycles. The smallest absolute Gasteiger partial charge is 0.00728 e. The first-order valence-corrected chi connectivity index (χ1v) is 7.54. The largest absolute Gasteiger partial charge is 0.330 e. The third-order valence-corrected chi connectivity index (χ3v) is 4.86. The molecule has 1 aliphatic carbocycles. The molecule has 2 N–H and O–H groups in total. The molecule has 1 heterocycles. The van der Waals surface area contributed by atoms with Gasteiger partial charge in [-0.1, -0.05) is 0 Å². The average Bonchev–Trinajstić information content (AvgIpc) is 2.31. The number of hydrogen-bond donors (Lipinski definition) is 1. The zero-order valence-corrected chi connectivity index (χ0v) is 10.5. The second-order valence-electron chi connectivity index (χ2n) is 5.04. The molecule has 0 aromatic heterocycles. The topological polar surface area (TPSA) is 29.3 Å². The Labute approximate surface area is 98.0 Å². The van der Waals surface area contributed by atoms with Crippen LogP contribution in [-0.4, -0.2) is 42.6 Å². The van der Waals surface area contributed by atoms with Crippen molar-refractivity contribution in [3.8, 4) is 0 Å². The van der Waals surface area contributed by atoms with Gasteiger partial charge in [0.1, 0.15) is 0 Å². The predicted octanol–water partition coefficient (Wildman–Crippen LogP) is 1.80. The van der Waals surface area contributed by atoms with Crippen LogP contribution in [0.1, 0.15) is 25.7 Å². The van der Waals surface area contributed by atoms with Gasteiger partial charge in [0.15, 0.2) is 0 Å². The van der Waals surface area contributed by atoms with Gasteiger partial charge >= 0.3 is 0 Å². The summed E-state index contributed by atoms with van der Waals surface area (Å²) in [6, 6.07) is 0. The molecule has 1 saturated heterocycles. The van der Waals surface area contributed by atoms with E-state index in [4.69, 9.17) is 5.73 Å². The van der Waals surface area contributed by atoms with Gasteiger partial charge in [-0.15, -0.1) is 0 Å². The van der Waals surface area contributed by atoms with E-state index in [2.05, 4.69) is 16.7 Å². The highest BCUT2D eigenvalue weighted by Crippen LogP contribution is 2.29. The van der Waals surface area contributed by atoms with Gasteiger partial charge < -0.3 is 10.6 Å². The van der Waals surface area contributed by atoms with Gasteiger partial charge in [-0.2, -0.15) is 11.8 Å². The maximum absolute atomic E-state index is 5.72. The number of thioether (sulfide) groups is 1. The molecule has 0 aromatic carbocycles. The molecule has 88 valence electrons. The number of nitrogens with zero attached hydrogens (tertiary/aromatic N) is 1. The first kappa shape index (κ1) is 11.7. The SMILES string of the molecule is NCC1CCC(CN2CCSCC2)CC1. The molecular formula is C12H24N2S. The van der Waals surface area contributed by atoms with E-state index >= 15 is 0 Å². The molecular weight excluding hydrogens is 204 g/mol. The molecule has 2 nitrogen and oxygen atoms in total. The summed E-state index contributed by atoms with van der Waals surface area (Å²) in [5, 5.41) is 0. The Hall–Kier alpha value is 0.270. The highest BCUT2D eigenvalue weighted by Gasteiger charge is 2.22. The molecule has 1 saturated carbocycles. The van der Waals surface area contributed by atoms with Gasteiger partial charge in [0.05, 0.1) is 0 Å². The minimum absolute atomic E-state index is 0.832. The van der Waals surface area contributed by atoms with E-state index in [1.165, 1.54) is 56.8 Å². The zero-order valence-electron chi connectivity index (χ0n) is 9.66. The fraction of sp³-hybridized carbons (Fsp3) is 1.00. The van der Waals surface area contributed by atoms with E-state index in [0.717, 1.165) is 18.4 Å². The van der Waals surface area contributed by atoms with Gasteiger partial charge in [0.25, 0.3) is 0 Å². The van der Waals surface area contributed by atoms with Crippen LogP contribution in [0.2, 0.25) is 0 Å². The number of nitrogens with two attached hydrogens (primary N) is 1. The van der Waals surface area contributed by atoms with Gasteiger partial charge in [-0.3, -0.25) is 0 Å². The quantitative estimate of drug-likeness (QED) is 0.799. The van der Waals surface area contributed by atoms with E-state index in [9.17, 15) is 0 Å². The molecule has 3 heteroatoms. The first-order chi connectivity index (χ1) is 7.38. The molecule has 0 bridgehead atoms. The second-order valence-corrected chi connectivity index (χ2v) is 6.26. The van der Waals surface area contributed by atoms with Crippen LogP contribution in [0.5, 0.6) is 0 Å². The molecule has 0 atom stereocenters. The molecule has 2 aliphatic rings. The second kappa shape index (κ2) is 6.12. The van der Waals surface area contributed by atoms with Crippen LogP contribution >= 0.6 is 11.8 Å². The summed E-state index contributed by atoms with van der Waals surface area (Å²) in [5.41, 5.74) is 5.72. The molecule has 0 unspecified atom stereocenters. The third kappa shape index (κ3) is 3.65. The van der Waals surface area contributed by atoms with E-state index in [0.29, 0.717) is 0 Å². The normalized spacial score (nSPS) is 34.2. The summed E-state index contributed by atoms with van der Waals surface area (Å²) < 4.78 is 0. The Morgan fingerprint density at radius 2 is 1.60 bits per heavy atom. The molecule has 0 radical (unpaired) electrons. The first-order valence-electron chi connectivity index (χ1n) is 6.38. The zero-order chi connectivity index (χ0) is 10.5. The minimum atomic E-state index is 0.832. The lowest BCUT2D eigenvalue weighted by Gasteiger charge is -2.34. The van der Waals surface area contributed by atoms with Gasteiger partial charge in [0, 0.05) is 31.1 Å². The van der Waals surface area contributed by atoms with Crippen LogP contribution in [-0.2, 0) is 0 Å². The van der Waals surface area contributed by atoms with Crippen molar-refractivity contribution in [2.75, 3.05) is 37.7 Å². The van der Waals surface area contributed by atoms with Crippen LogP contribution in [0.25, 0.3) is 0 Å². The Balaban J connectivity index is 1.67. The Morgan fingerprint density at radius 3 is 2.20 bits per heavy atom. The summed E-state index contributed by atoms with van der Waals surface area (Å²) in [4.78, 5) is 2.67. The van der Waals surface area contributed by atoms with Crippen molar-refractivity contribution in [2.45, 2.75) is 25.7 Å². The van der Waals surface area contributed by atoms with E-state index in [1.54, 1.807) is 0 Å².